The maximum atomic E-state index is 8.58. The van der Waals surface area contributed by atoms with Crippen molar-refractivity contribution in [2.45, 2.75) is 59.8 Å². The molecule has 7 nitrogen and oxygen atoms in total. The van der Waals surface area contributed by atoms with Crippen molar-refractivity contribution in [3.05, 3.63) is 51.5 Å². The molecule has 3 N–H and O–H groups in total. The lowest BCUT2D eigenvalue weighted by Crippen LogP contribution is -2.25. The van der Waals surface area contributed by atoms with E-state index in [9.17, 15) is 0 Å². The summed E-state index contributed by atoms with van der Waals surface area (Å²) in [5.74, 6) is 0.857. The molecule has 2 rings (SSSR count). The number of ether oxygens (including phenoxy) is 1. The van der Waals surface area contributed by atoms with Crippen LogP contribution in [0.5, 0.6) is 0 Å². The fourth-order valence-electron chi connectivity index (χ4n) is 2.47. The third kappa shape index (κ3) is 7.66. The lowest BCUT2D eigenvalue weighted by molar-refractivity contribution is -0.106. The molecule has 0 atom stereocenters. The largest absolute Gasteiger partial charge is 0.387 e. The minimum absolute atomic E-state index is 0.169. The van der Waals surface area contributed by atoms with Crippen molar-refractivity contribution in [1.82, 2.24) is 15.5 Å². The number of thiazole rings is 1. The van der Waals surface area contributed by atoms with Crippen LogP contribution in [0.2, 0.25) is 0 Å². The summed E-state index contributed by atoms with van der Waals surface area (Å²) in [6.07, 6.45) is 8.24. The molecular formula is C20H30N4O3S. The number of hydrogen-bond acceptors (Lipinski definition) is 7. The van der Waals surface area contributed by atoms with Crippen molar-refractivity contribution in [3.63, 3.8) is 0 Å². The highest BCUT2D eigenvalue weighted by atomic mass is 32.1. The molecule has 0 saturated heterocycles. The Bertz CT molecular complexity index is 772. The number of nitrogens with zero attached hydrogens (tertiary/aromatic N) is 2. The second-order valence-corrected chi connectivity index (χ2v) is 7.68. The zero-order valence-electron chi connectivity index (χ0n) is 17.4. The number of aromatic nitrogens is 2. The maximum Gasteiger partial charge on any atom is 0.204 e. The average Bonchev–Trinajstić information content (AvgIpc) is 3.19. The molecule has 0 fully saturated rings. The molecule has 0 aliphatic carbocycles. The molecule has 28 heavy (non-hydrogen) atoms. The average molecular weight is 407 g/mol. The van der Waals surface area contributed by atoms with E-state index < -0.39 is 0 Å². The van der Waals surface area contributed by atoms with E-state index in [-0.39, 0.29) is 18.1 Å². The number of nitrogens with one attached hydrogen (secondary N) is 1. The van der Waals surface area contributed by atoms with E-state index in [1.165, 1.54) is 0 Å². The van der Waals surface area contributed by atoms with Crippen molar-refractivity contribution in [2.24, 2.45) is 5.73 Å². The first-order valence-electron chi connectivity index (χ1n) is 8.98. The van der Waals surface area contributed by atoms with Gasteiger partial charge >= 0.3 is 0 Å². The second kappa shape index (κ2) is 11.4. The zero-order chi connectivity index (χ0) is 21.2. The van der Waals surface area contributed by atoms with Gasteiger partial charge < -0.3 is 20.3 Å². The Morgan fingerprint density at radius 2 is 2.04 bits per heavy atom. The predicted molar refractivity (Wildman–Crippen MR) is 113 cm³/mol. The van der Waals surface area contributed by atoms with E-state index in [0.717, 1.165) is 27.7 Å². The van der Waals surface area contributed by atoms with E-state index in [1.54, 1.807) is 11.3 Å². The summed E-state index contributed by atoms with van der Waals surface area (Å²) >= 11 is 1.62. The summed E-state index contributed by atoms with van der Waals surface area (Å²) in [5, 5.41) is 10.2. The van der Waals surface area contributed by atoms with Gasteiger partial charge in [-0.2, -0.15) is 0 Å². The Balaban J connectivity index is 0.00000122. The highest BCUT2D eigenvalue weighted by Crippen LogP contribution is 2.27. The second-order valence-electron chi connectivity index (χ2n) is 6.79. The number of amides is 1. The number of allylic oxidation sites excluding steroid dienone is 2. The fourth-order valence-corrected chi connectivity index (χ4v) is 3.34. The fraction of sp³-hybridized carbons (Fsp3) is 0.450. The van der Waals surface area contributed by atoms with Gasteiger partial charge in [0.05, 0.1) is 17.5 Å². The molecule has 0 saturated carbocycles. The number of primary amides is 1. The third-order valence-electron chi connectivity index (χ3n) is 3.69. The van der Waals surface area contributed by atoms with Gasteiger partial charge in [-0.25, -0.2) is 4.98 Å². The van der Waals surface area contributed by atoms with E-state index in [2.05, 4.69) is 26.6 Å². The number of carbonyl (C=O) groups is 1. The highest BCUT2D eigenvalue weighted by molar-refractivity contribution is 7.10. The van der Waals surface area contributed by atoms with Crippen LogP contribution >= 0.6 is 11.3 Å². The molecule has 8 heteroatoms. The molecule has 1 amide bonds. The standard InChI is InChI=1S/C19H27N3O2S.CH3NO/c1-13(2)23-19(5,6)17-12-25-18(21-17)9-7-8-10-20-11-16-14(3)22-24-15(16)4;2-1-3/h7-10,12-13,20H,11H2,1-6H3;1H,(H2,2,3)/b9-7+,10-8-;. The first-order chi connectivity index (χ1) is 13.2. The van der Waals surface area contributed by atoms with Crippen molar-refractivity contribution < 1.29 is 14.1 Å². The van der Waals surface area contributed by atoms with Gasteiger partial charge in [-0.1, -0.05) is 11.2 Å². The highest BCUT2D eigenvalue weighted by Gasteiger charge is 2.25. The van der Waals surface area contributed by atoms with Crippen molar-refractivity contribution in [3.8, 4) is 0 Å². The number of hydrogen-bond donors (Lipinski definition) is 2. The van der Waals surface area contributed by atoms with Crippen molar-refractivity contribution in [1.29, 1.82) is 0 Å². The van der Waals surface area contributed by atoms with Crippen molar-refractivity contribution in [2.75, 3.05) is 0 Å². The molecule has 0 unspecified atom stereocenters. The van der Waals surface area contributed by atoms with Crippen LogP contribution in [0.1, 0.15) is 55.4 Å². The molecule has 2 aromatic heterocycles. The first kappa shape index (κ1) is 23.6. The van der Waals surface area contributed by atoms with Crippen LogP contribution in [0.25, 0.3) is 6.08 Å². The summed E-state index contributed by atoms with van der Waals surface area (Å²) in [7, 11) is 0. The topological polar surface area (TPSA) is 103 Å². The summed E-state index contributed by atoms with van der Waals surface area (Å²) in [6, 6.07) is 0. The first-order valence-corrected chi connectivity index (χ1v) is 9.86. The molecule has 0 aliphatic heterocycles. The van der Waals surface area contributed by atoms with Crippen LogP contribution in [0.4, 0.5) is 0 Å². The lowest BCUT2D eigenvalue weighted by Gasteiger charge is -2.25. The predicted octanol–water partition coefficient (Wildman–Crippen LogP) is 3.83. The SMILES string of the molecule is Cc1noc(C)c1CN/C=C\C=C\c1nc(C(C)(C)OC(C)C)cs1.NC=O. The molecule has 2 heterocycles. The molecular weight excluding hydrogens is 376 g/mol. The molecule has 0 aliphatic rings. The van der Waals surface area contributed by atoms with Crippen LogP contribution in [0.3, 0.4) is 0 Å². The molecule has 0 radical (unpaired) electrons. The lowest BCUT2D eigenvalue weighted by atomic mass is 10.1. The number of nitrogens with two attached hydrogens (primary N) is 1. The van der Waals surface area contributed by atoms with Crippen LogP contribution in [0, 0.1) is 13.8 Å². The molecule has 154 valence electrons. The van der Waals surface area contributed by atoms with E-state index in [4.69, 9.17) is 14.1 Å². The molecule has 2 aromatic rings. The Morgan fingerprint density at radius 3 is 2.61 bits per heavy atom. The minimum Gasteiger partial charge on any atom is -0.387 e. The van der Waals surface area contributed by atoms with Crippen LogP contribution < -0.4 is 11.1 Å². The van der Waals surface area contributed by atoms with Gasteiger partial charge in [0, 0.05) is 17.5 Å². The number of rotatable bonds is 8. The summed E-state index contributed by atoms with van der Waals surface area (Å²) in [5.41, 5.74) is 6.79. The van der Waals surface area contributed by atoms with Crippen LogP contribution in [0.15, 0.2) is 28.3 Å². The van der Waals surface area contributed by atoms with E-state index in [0.29, 0.717) is 6.54 Å². The monoisotopic (exact) mass is 406 g/mol. The van der Waals surface area contributed by atoms with Gasteiger partial charge in [-0.05, 0) is 59.9 Å². The Kier molecular flexibility index (Phi) is 9.61. The van der Waals surface area contributed by atoms with Crippen LogP contribution in [-0.4, -0.2) is 22.7 Å². The number of aryl methyl sites for hydroxylation is 2. The van der Waals surface area contributed by atoms with Crippen LogP contribution in [-0.2, 0) is 21.7 Å². The Hall–Kier alpha value is -2.45. The van der Waals surface area contributed by atoms with E-state index >= 15 is 0 Å². The molecule has 0 aromatic carbocycles. The van der Waals surface area contributed by atoms with E-state index in [1.807, 2.05) is 66.0 Å². The van der Waals surface area contributed by atoms with Gasteiger partial charge in [-0.3, -0.25) is 4.79 Å². The van der Waals surface area contributed by atoms with Gasteiger partial charge in [0.2, 0.25) is 6.41 Å². The maximum absolute atomic E-state index is 8.58. The van der Waals surface area contributed by atoms with Crippen molar-refractivity contribution >= 4 is 23.8 Å². The molecule has 0 bridgehead atoms. The summed E-state index contributed by atoms with van der Waals surface area (Å²) in [6.45, 7) is 12.7. The van der Waals surface area contributed by atoms with Gasteiger partial charge in [0.25, 0.3) is 0 Å². The zero-order valence-corrected chi connectivity index (χ0v) is 18.2. The van der Waals surface area contributed by atoms with Gasteiger partial charge in [0.15, 0.2) is 0 Å². The minimum atomic E-state index is -0.373. The van der Waals surface area contributed by atoms with Gasteiger partial charge in [-0.15, -0.1) is 11.3 Å². The van der Waals surface area contributed by atoms with Gasteiger partial charge in [0.1, 0.15) is 16.4 Å². The normalized spacial score (nSPS) is 11.8. The summed E-state index contributed by atoms with van der Waals surface area (Å²) in [4.78, 5) is 13.2. The quantitative estimate of drug-likeness (QED) is 0.510. The Morgan fingerprint density at radius 1 is 1.36 bits per heavy atom. The number of carbonyl (C=O) groups excluding carboxylic acids is 1. The summed E-state index contributed by atoms with van der Waals surface area (Å²) < 4.78 is 11.1. The Labute approximate surface area is 170 Å². The smallest absolute Gasteiger partial charge is 0.204 e. The third-order valence-corrected chi connectivity index (χ3v) is 4.50. The molecule has 0 spiro atoms.